The van der Waals surface area contributed by atoms with Crippen molar-refractivity contribution in [3.63, 3.8) is 0 Å². The molecular formula is C15H23N3O4S. The highest BCUT2D eigenvalue weighted by Gasteiger charge is 2.32. The molecule has 1 fully saturated rings. The molecule has 1 aliphatic rings. The van der Waals surface area contributed by atoms with Gasteiger partial charge in [0.05, 0.1) is 11.4 Å². The smallest absolute Gasteiger partial charge is 0.317 e. The SMILES string of the molecule is C[C@H]1C[C@@H]1CNC(=O)N(C)CCOc1ccc(S(N)(=O)=O)cc1. The lowest BCUT2D eigenvalue weighted by molar-refractivity contribution is 0.195. The Balaban J connectivity index is 1.70. The minimum Gasteiger partial charge on any atom is -0.492 e. The quantitative estimate of drug-likeness (QED) is 0.772. The Morgan fingerprint density at radius 2 is 2.00 bits per heavy atom. The van der Waals surface area contributed by atoms with Crippen LogP contribution in [0.15, 0.2) is 29.2 Å². The van der Waals surface area contributed by atoms with Crippen molar-refractivity contribution in [1.29, 1.82) is 0 Å². The van der Waals surface area contributed by atoms with E-state index < -0.39 is 10.0 Å². The number of rotatable bonds is 7. The molecule has 0 aromatic heterocycles. The summed E-state index contributed by atoms with van der Waals surface area (Å²) in [5, 5.41) is 7.92. The summed E-state index contributed by atoms with van der Waals surface area (Å²) >= 11 is 0. The van der Waals surface area contributed by atoms with E-state index >= 15 is 0 Å². The summed E-state index contributed by atoms with van der Waals surface area (Å²) in [5.74, 6) is 1.85. The molecular weight excluding hydrogens is 318 g/mol. The Morgan fingerprint density at radius 3 is 2.52 bits per heavy atom. The predicted molar refractivity (Wildman–Crippen MR) is 86.6 cm³/mol. The van der Waals surface area contributed by atoms with Gasteiger partial charge < -0.3 is 15.0 Å². The molecule has 0 bridgehead atoms. The Kier molecular flexibility index (Phi) is 5.48. The van der Waals surface area contributed by atoms with Crippen LogP contribution in [-0.4, -0.2) is 46.1 Å². The van der Waals surface area contributed by atoms with E-state index in [0.717, 1.165) is 6.54 Å². The van der Waals surface area contributed by atoms with E-state index in [1.54, 1.807) is 11.9 Å². The van der Waals surface area contributed by atoms with Gasteiger partial charge in [0.25, 0.3) is 0 Å². The third-order valence-corrected chi connectivity index (χ3v) is 4.92. The highest BCUT2D eigenvalue weighted by Crippen LogP contribution is 2.36. The van der Waals surface area contributed by atoms with E-state index in [9.17, 15) is 13.2 Å². The summed E-state index contributed by atoms with van der Waals surface area (Å²) in [7, 11) is -1.99. The van der Waals surface area contributed by atoms with Gasteiger partial charge in [-0.1, -0.05) is 6.92 Å². The molecule has 0 unspecified atom stereocenters. The van der Waals surface area contributed by atoms with Crippen molar-refractivity contribution in [2.24, 2.45) is 17.0 Å². The van der Waals surface area contributed by atoms with E-state index in [-0.39, 0.29) is 10.9 Å². The molecule has 3 N–H and O–H groups in total. The summed E-state index contributed by atoms with van der Waals surface area (Å²) in [6.45, 7) is 3.65. The number of hydrogen-bond acceptors (Lipinski definition) is 4. The summed E-state index contributed by atoms with van der Waals surface area (Å²) < 4.78 is 27.8. The maximum Gasteiger partial charge on any atom is 0.317 e. The Hall–Kier alpha value is -1.80. The first kappa shape index (κ1) is 17.6. The van der Waals surface area contributed by atoms with Crippen LogP contribution in [0.25, 0.3) is 0 Å². The zero-order valence-corrected chi connectivity index (χ0v) is 14.2. The van der Waals surface area contributed by atoms with Gasteiger partial charge in [-0.25, -0.2) is 18.4 Å². The Morgan fingerprint density at radius 1 is 1.39 bits per heavy atom. The number of ether oxygens (including phenoxy) is 1. The molecule has 2 amide bonds. The highest BCUT2D eigenvalue weighted by molar-refractivity contribution is 7.89. The van der Waals surface area contributed by atoms with Crippen molar-refractivity contribution in [2.45, 2.75) is 18.2 Å². The maximum atomic E-state index is 11.9. The number of nitrogens with two attached hydrogens (primary N) is 1. The number of likely N-dealkylation sites (N-methyl/N-ethyl adjacent to an activating group) is 1. The zero-order chi connectivity index (χ0) is 17.0. The van der Waals surface area contributed by atoms with Crippen LogP contribution >= 0.6 is 0 Å². The number of hydrogen-bond donors (Lipinski definition) is 2. The number of carbonyl (C=O) groups is 1. The van der Waals surface area contributed by atoms with Gasteiger partial charge in [-0.2, -0.15) is 0 Å². The third-order valence-electron chi connectivity index (χ3n) is 3.99. The Labute approximate surface area is 136 Å². The number of nitrogens with one attached hydrogen (secondary N) is 1. The van der Waals surface area contributed by atoms with Crippen LogP contribution in [0.5, 0.6) is 5.75 Å². The molecule has 0 aliphatic heterocycles. The zero-order valence-electron chi connectivity index (χ0n) is 13.4. The van der Waals surface area contributed by atoms with Gasteiger partial charge >= 0.3 is 6.03 Å². The van der Waals surface area contributed by atoms with Gasteiger partial charge in [-0.3, -0.25) is 0 Å². The summed E-state index contributed by atoms with van der Waals surface area (Å²) in [6, 6.07) is 5.73. The number of primary sulfonamides is 1. The molecule has 2 atom stereocenters. The van der Waals surface area contributed by atoms with Crippen molar-refractivity contribution in [2.75, 3.05) is 26.7 Å². The molecule has 0 spiro atoms. The van der Waals surface area contributed by atoms with Crippen LogP contribution < -0.4 is 15.2 Å². The van der Waals surface area contributed by atoms with E-state index in [0.29, 0.717) is 30.7 Å². The number of urea groups is 1. The maximum absolute atomic E-state index is 11.9. The fraction of sp³-hybridized carbons (Fsp3) is 0.533. The molecule has 1 aliphatic carbocycles. The van der Waals surface area contributed by atoms with Gasteiger partial charge in [-0.15, -0.1) is 0 Å². The fourth-order valence-electron chi connectivity index (χ4n) is 2.16. The van der Waals surface area contributed by atoms with E-state index in [2.05, 4.69) is 12.2 Å². The largest absolute Gasteiger partial charge is 0.492 e. The van der Waals surface area contributed by atoms with Crippen LogP contribution in [-0.2, 0) is 10.0 Å². The van der Waals surface area contributed by atoms with E-state index in [4.69, 9.17) is 9.88 Å². The van der Waals surface area contributed by atoms with Crippen molar-refractivity contribution in [3.05, 3.63) is 24.3 Å². The highest BCUT2D eigenvalue weighted by atomic mass is 32.2. The summed E-state index contributed by atoms with van der Waals surface area (Å²) in [6.07, 6.45) is 1.18. The molecule has 1 saturated carbocycles. The van der Waals surface area contributed by atoms with Gasteiger partial charge in [-0.05, 0) is 42.5 Å². The van der Waals surface area contributed by atoms with Crippen molar-refractivity contribution in [1.82, 2.24) is 10.2 Å². The van der Waals surface area contributed by atoms with Crippen molar-refractivity contribution in [3.8, 4) is 5.75 Å². The topological polar surface area (TPSA) is 102 Å². The van der Waals surface area contributed by atoms with E-state index in [1.807, 2.05) is 0 Å². The number of carbonyl (C=O) groups excluding carboxylic acids is 1. The molecule has 128 valence electrons. The standard InChI is InChI=1S/C15H23N3O4S/c1-11-9-12(11)10-17-15(19)18(2)7-8-22-13-3-5-14(6-4-13)23(16,20)21/h3-6,11-12H,7-10H2,1-2H3,(H,17,19)(H2,16,20,21)/t11-,12+/m0/s1. The van der Waals surface area contributed by atoms with Gasteiger partial charge in [0.2, 0.25) is 10.0 Å². The van der Waals surface area contributed by atoms with Crippen molar-refractivity contribution < 1.29 is 17.9 Å². The molecule has 8 heteroatoms. The first-order valence-corrected chi connectivity index (χ1v) is 9.06. The lowest BCUT2D eigenvalue weighted by atomic mass is 10.3. The summed E-state index contributed by atoms with van der Waals surface area (Å²) in [4.78, 5) is 13.5. The average Bonchev–Trinajstić information content (AvgIpc) is 3.20. The van der Waals surface area contributed by atoms with Gasteiger partial charge in [0.15, 0.2) is 0 Å². The molecule has 23 heavy (non-hydrogen) atoms. The number of benzene rings is 1. The average molecular weight is 341 g/mol. The second-order valence-corrected chi connectivity index (χ2v) is 7.51. The second kappa shape index (κ2) is 7.18. The first-order chi connectivity index (χ1) is 10.8. The molecule has 0 saturated heterocycles. The van der Waals surface area contributed by atoms with Crippen LogP contribution in [0.4, 0.5) is 4.79 Å². The summed E-state index contributed by atoms with van der Waals surface area (Å²) in [5.41, 5.74) is 0. The lowest BCUT2D eigenvalue weighted by Gasteiger charge is -2.18. The first-order valence-electron chi connectivity index (χ1n) is 7.52. The lowest BCUT2D eigenvalue weighted by Crippen LogP contribution is -2.40. The molecule has 0 heterocycles. The normalized spacial score (nSPS) is 20.0. The third kappa shape index (κ3) is 5.40. The molecule has 2 rings (SSSR count). The fourth-order valence-corrected chi connectivity index (χ4v) is 2.68. The van der Waals surface area contributed by atoms with Gasteiger partial charge in [0, 0.05) is 13.6 Å². The van der Waals surface area contributed by atoms with Crippen LogP contribution in [0.1, 0.15) is 13.3 Å². The molecule has 1 aromatic carbocycles. The minimum absolute atomic E-state index is 0.0376. The monoisotopic (exact) mass is 341 g/mol. The van der Waals surface area contributed by atoms with Crippen LogP contribution in [0.2, 0.25) is 0 Å². The Bertz CT molecular complexity index is 645. The predicted octanol–water partition coefficient (Wildman–Crippen LogP) is 1.01. The number of sulfonamides is 1. The second-order valence-electron chi connectivity index (χ2n) is 5.95. The molecule has 7 nitrogen and oxygen atoms in total. The molecule has 1 aromatic rings. The number of nitrogens with zero attached hydrogens (tertiary/aromatic N) is 1. The van der Waals surface area contributed by atoms with Crippen LogP contribution in [0, 0.1) is 11.8 Å². The molecule has 0 radical (unpaired) electrons. The number of amides is 2. The van der Waals surface area contributed by atoms with Gasteiger partial charge in [0.1, 0.15) is 12.4 Å². The van der Waals surface area contributed by atoms with Crippen molar-refractivity contribution >= 4 is 16.1 Å². The minimum atomic E-state index is -3.69. The van der Waals surface area contributed by atoms with Crippen LogP contribution in [0.3, 0.4) is 0 Å². The van der Waals surface area contributed by atoms with E-state index in [1.165, 1.54) is 30.7 Å².